The Hall–Kier alpha value is -3.82. The van der Waals surface area contributed by atoms with Crippen molar-refractivity contribution in [2.24, 2.45) is 5.92 Å². The molecule has 1 aliphatic heterocycles. The van der Waals surface area contributed by atoms with Crippen molar-refractivity contribution in [1.29, 1.82) is 0 Å². The minimum atomic E-state index is -4.42. The van der Waals surface area contributed by atoms with Gasteiger partial charge in [-0.3, -0.25) is 9.69 Å². The zero-order chi connectivity index (χ0) is 27.3. The molecule has 6 heteroatoms. The summed E-state index contributed by atoms with van der Waals surface area (Å²) in [5, 5.41) is 9.40. The second-order valence-corrected chi connectivity index (χ2v) is 9.80. The molecule has 1 fully saturated rings. The number of hydrogen-bond donors (Lipinski definition) is 1. The minimum absolute atomic E-state index is 0.0266. The Labute approximate surface area is 221 Å². The van der Waals surface area contributed by atoms with Crippen LogP contribution < -0.4 is 0 Å². The molecule has 0 spiro atoms. The summed E-state index contributed by atoms with van der Waals surface area (Å²) >= 11 is 0. The maximum absolute atomic E-state index is 13.2. The van der Waals surface area contributed by atoms with E-state index in [0.717, 1.165) is 34.4 Å². The highest BCUT2D eigenvalue weighted by Gasteiger charge is 2.36. The molecular weight excluding hydrogens is 487 g/mol. The summed E-state index contributed by atoms with van der Waals surface area (Å²) in [6.45, 7) is 6.31. The minimum Gasteiger partial charge on any atom is -0.481 e. The second kappa shape index (κ2) is 11.7. The van der Waals surface area contributed by atoms with Crippen LogP contribution in [0.25, 0.3) is 11.1 Å². The number of carboxylic acid groups (broad SMARTS) is 1. The van der Waals surface area contributed by atoms with Gasteiger partial charge in [-0.05, 0) is 65.6 Å². The largest absolute Gasteiger partial charge is 0.481 e. The van der Waals surface area contributed by atoms with Gasteiger partial charge in [0, 0.05) is 19.0 Å². The van der Waals surface area contributed by atoms with Crippen LogP contribution in [0.4, 0.5) is 13.2 Å². The number of alkyl halides is 3. The van der Waals surface area contributed by atoms with Gasteiger partial charge in [-0.25, -0.2) is 0 Å². The SMILES string of the molecule is C=C(C)C#C[C@H](c1ccc(-c2ccccc2)cc1)N1CC[C@@H](CC(=O)O)C[C@H]1c1ccc(C(F)(F)F)cc1. The van der Waals surface area contributed by atoms with Gasteiger partial charge in [-0.1, -0.05) is 85.1 Å². The zero-order valence-corrected chi connectivity index (χ0v) is 21.2. The number of allylic oxidation sites excluding steroid dienone is 1. The number of halogens is 3. The Balaban J connectivity index is 1.72. The van der Waals surface area contributed by atoms with Crippen molar-refractivity contribution in [1.82, 2.24) is 4.90 Å². The molecule has 1 saturated heterocycles. The molecule has 3 aromatic carbocycles. The van der Waals surface area contributed by atoms with Crippen molar-refractivity contribution in [2.75, 3.05) is 6.54 Å². The predicted molar refractivity (Wildman–Crippen MR) is 143 cm³/mol. The van der Waals surface area contributed by atoms with Crippen molar-refractivity contribution >= 4 is 5.97 Å². The fourth-order valence-electron chi connectivity index (χ4n) is 5.06. The highest BCUT2D eigenvalue weighted by Crippen LogP contribution is 2.42. The van der Waals surface area contributed by atoms with Gasteiger partial charge in [0.05, 0.1) is 11.6 Å². The molecule has 38 heavy (non-hydrogen) atoms. The molecule has 4 rings (SSSR count). The van der Waals surface area contributed by atoms with Crippen molar-refractivity contribution in [3.63, 3.8) is 0 Å². The summed E-state index contributed by atoms with van der Waals surface area (Å²) in [6.07, 6.45) is -3.21. The quantitative estimate of drug-likeness (QED) is 0.338. The van der Waals surface area contributed by atoms with Crippen LogP contribution in [0.5, 0.6) is 0 Å². The van der Waals surface area contributed by atoms with Crippen molar-refractivity contribution < 1.29 is 23.1 Å². The van der Waals surface area contributed by atoms with E-state index in [4.69, 9.17) is 0 Å². The maximum Gasteiger partial charge on any atom is 0.416 e. The lowest BCUT2D eigenvalue weighted by Crippen LogP contribution is -2.39. The summed E-state index contributed by atoms with van der Waals surface area (Å²) < 4.78 is 39.7. The molecule has 3 aromatic rings. The molecule has 0 amide bonds. The van der Waals surface area contributed by atoms with Gasteiger partial charge < -0.3 is 5.11 Å². The molecule has 0 saturated carbocycles. The first kappa shape index (κ1) is 27.2. The average molecular weight is 518 g/mol. The van der Waals surface area contributed by atoms with Gasteiger partial charge >= 0.3 is 12.1 Å². The van der Waals surface area contributed by atoms with Crippen LogP contribution in [-0.2, 0) is 11.0 Å². The normalized spacial score (nSPS) is 18.7. The first-order valence-corrected chi connectivity index (χ1v) is 12.6. The van der Waals surface area contributed by atoms with Gasteiger partial charge in [0.2, 0.25) is 0 Å². The van der Waals surface area contributed by atoms with Crippen LogP contribution in [0.15, 0.2) is 91.0 Å². The summed E-state index contributed by atoms with van der Waals surface area (Å²) in [5.41, 5.74) is 3.85. The van der Waals surface area contributed by atoms with E-state index in [2.05, 4.69) is 23.3 Å². The number of nitrogens with zero attached hydrogens (tertiary/aromatic N) is 1. The molecule has 3 atom stereocenters. The lowest BCUT2D eigenvalue weighted by Gasteiger charge is -2.42. The number of carbonyl (C=O) groups is 1. The third-order valence-electron chi connectivity index (χ3n) is 6.93. The molecule has 0 aliphatic carbocycles. The number of likely N-dealkylation sites (tertiary alicyclic amines) is 1. The van der Waals surface area contributed by atoms with Gasteiger partial charge in [0.15, 0.2) is 0 Å². The molecule has 0 bridgehead atoms. The highest BCUT2D eigenvalue weighted by molar-refractivity contribution is 5.67. The Morgan fingerprint density at radius 2 is 1.66 bits per heavy atom. The van der Waals surface area contributed by atoms with Gasteiger partial charge in [-0.2, -0.15) is 13.2 Å². The molecule has 0 unspecified atom stereocenters. The van der Waals surface area contributed by atoms with Gasteiger partial charge in [0.25, 0.3) is 0 Å². The lowest BCUT2D eigenvalue weighted by atomic mass is 9.83. The Bertz CT molecular complexity index is 1320. The van der Waals surface area contributed by atoms with Crippen LogP contribution >= 0.6 is 0 Å². The van der Waals surface area contributed by atoms with Gasteiger partial charge in [-0.15, -0.1) is 0 Å². The lowest BCUT2D eigenvalue weighted by molar-refractivity contribution is -0.139. The predicted octanol–water partition coefficient (Wildman–Crippen LogP) is 7.92. The van der Waals surface area contributed by atoms with E-state index in [-0.39, 0.29) is 24.4 Å². The van der Waals surface area contributed by atoms with Crippen molar-refractivity contribution in [2.45, 2.75) is 44.4 Å². The van der Waals surface area contributed by atoms with E-state index >= 15 is 0 Å². The van der Waals surface area contributed by atoms with Crippen LogP contribution in [0, 0.1) is 17.8 Å². The number of aliphatic carboxylic acids is 1. The van der Waals surface area contributed by atoms with Crippen molar-refractivity contribution in [3.8, 4) is 23.0 Å². The van der Waals surface area contributed by atoms with Crippen LogP contribution in [0.3, 0.4) is 0 Å². The van der Waals surface area contributed by atoms with Crippen LogP contribution in [-0.4, -0.2) is 22.5 Å². The second-order valence-electron chi connectivity index (χ2n) is 9.80. The van der Waals surface area contributed by atoms with E-state index < -0.39 is 17.7 Å². The molecular formula is C32H30F3NO2. The van der Waals surface area contributed by atoms with E-state index in [1.165, 1.54) is 12.1 Å². The topological polar surface area (TPSA) is 40.5 Å². The fourth-order valence-corrected chi connectivity index (χ4v) is 5.06. The maximum atomic E-state index is 13.2. The molecule has 3 nitrogen and oxygen atoms in total. The third-order valence-corrected chi connectivity index (χ3v) is 6.93. The monoisotopic (exact) mass is 517 g/mol. The van der Waals surface area contributed by atoms with E-state index in [9.17, 15) is 23.1 Å². The first-order chi connectivity index (χ1) is 18.1. The summed E-state index contributed by atoms with van der Waals surface area (Å²) in [4.78, 5) is 13.6. The highest BCUT2D eigenvalue weighted by atomic mass is 19.4. The number of rotatable bonds is 6. The number of hydrogen-bond acceptors (Lipinski definition) is 2. The van der Waals surface area contributed by atoms with Crippen LogP contribution in [0.2, 0.25) is 0 Å². The summed E-state index contributed by atoms with van der Waals surface area (Å²) in [5.74, 6) is 5.49. The molecule has 1 heterocycles. The number of carboxylic acids is 1. The molecule has 0 radical (unpaired) electrons. The third kappa shape index (κ3) is 6.73. The Kier molecular flexibility index (Phi) is 8.38. The van der Waals surface area contributed by atoms with Gasteiger partial charge in [0.1, 0.15) is 0 Å². The zero-order valence-electron chi connectivity index (χ0n) is 21.2. The van der Waals surface area contributed by atoms with Crippen molar-refractivity contribution in [3.05, 3.63) is 108 Å². The number of piperidine rings is 1. The summed E-state index contributed by atoms with van der Waals surface area (Å²) in [7, 11) is 0. The molecule has 1 aliphatic rings. The molecule has 0 aromatic heterocycles. The smallest absolute Gasteiger partial charge is 0.416 e. The molecule has 196 valence electrons. The van der Waals surface area contributed by atoms with Crippen LogP contribution in [0.1, 0.15) is 55.0 Å². The van der Waals surface area contributed by atoms with E-state index in [0.29, 0.717) is 25.0 Å². The Morgan fingerprint density at radius 1 is 1.03 bits per heavy atom. The average Bonchev–Trinajstić information content (AvgIpc) is 2.89. The van der Waals surface area contributed by atoms with E-state index in [1.54, 1.807) is 0 Å². The first-order valence-electron chi connectivity index (χ1n) is 12.6. The fraction of sp³-hybridized carbons (Fsp3) is 0.281. The molecule has 1 N–H and O–H groups in total. The van der Waals surface area contributed by atoms with E-state index in [1.807, 2.05) is 61.5 Å². The standard InChI is InChI=1S/C32H30F3NO2/c1-22(2)8-17-29(26-11-9-25(10-12-26)24-6-4-3-5-7-24)36-19-18-23(21-31(37)38)20-30(36)27-13-15-28(16-14-27)32(33,34)35/h3-7,9-16,23,29-30H,1,18-21H2,2H3,(H,37,38)/t23-,29-,30+/m1/s1. The Morgan fingerprint density at radius 3 is 2.24 bits per heavy atom. The summed E-state index contributed by atoms with van der Waals surface area (Å²) in [6, 6.07) is 22.8. The number of benzene rings is 3.